The lowest BCUT2D eigenvalue weighted by Gasteiger charge is -2.38. The minimum Gasteiger partial charge on any atom is -0.299 e. The van der Waals surface area contributed by atoms with Crippen LogP contribution in [0.2, 0.25) is 5.02 Å². The molecule has 1 aromatic carbocycles. The Bertz CT molecular complexity index is 574. The van der Waals surface area contributed by atoms with Gasteiger partial charge in [0.15, 0.2) is 0 Å². The summed E-state index contributed by atoms with van der Waals surface area (Å²) >= 11 is 6.02. The number of hydrogen-bond acceptors (Lipinski definition) is 1. The molecule has 0 N–H and O–H groups in total. The number of benzene rings is 1. The van der Waals surface area contributed by atoms with Crippen LogP contribution in [0.1, 0.15) is 24.0 Å². The summed E-state index contributed by atoms with van der Waals surface area (Å²) in [6.45, 7) is 0. The lowest BCUT2D eigenvalue weighted by molar-refractivity contribution is -0.130. The Balaban J connectivity index is 1.79. The van der Waals surface area contributed by atoms with Gasteiger partial charge in [-0.3, -0.25) is 4.79 Å². The largest absolute Gasteiger partial charge is 0.299 e. The van der Waals surface area contributed by atoms with E-state index in [2.05, 4.69) is 18.2 Å². The van der Waals surface area contributed by atoms with Gasteiger partial charge in [0.25, 0.3) is 0 Å². The number of hydrogen-bond donors (Lipinski definition) is 0. The average Bonchev–Trinajstić information content (AvgIpc) is 2.92. The normalized spacial score (nSPS) is 36.4. The standard InChI is InChI=1S/C16H15ClO/c17-14-4-2-11-9-16(15(18)7-12(11)6-14)8-10-1-3-13(16)5-10/h1-4,6,10,13H,5,7-9H2. The maximum Gasteiger partial charge on any atom is 0.144 e. The Labute approximate surface area is 112 Å². The van der Waals surface area contributed by atoms with Crippen molar-refractivity contribution in [3.63, 3.8) is 0 Å². The third-order valence-electron chi connectivity index (χ3n) is 5.09. The summed E-state index contributed by atoms with van der Waals surface area (Å²) in [5, 5.41) is 0.741. The Morgan fingerprint density at radius 1 is 1.22 bits per heavy atom. The first-order chi connectivity index (χ1) is 8.67. The molecule has 0 radical (unpaired) electrons. The molecule has 0 amide bonds. The molecule has 1 saturated carbocycles. The number of halogens is 1. The molecular formula is C16H15ClO. The van der Waals surface area contributed by atoms with E-state index in [1.54, 1.807) is 0 Å². The van der Waals surface area contributed by atoms with Gasteiger partial charge in [-0.25, -0.2) is 0 Å². The van der Waals surface area contributed by atoms with E-state index in [1.807, 2.05) is 12.1 Å². The first kappa shape index (κ1) is 10.8. The molecule has 18 heavy (non-hydrogen) atoms. The second kappa shape index (κ2) is 3.48. The van der Waals surface area contributed by atoms with Crippen LogP contribution in [0.5, 0.6) is 0 Å². The predicted octanol–water partition coefficient (Wildman–Crippen LogP) is 3.59. The van der Waals surface area contributed by atoms with Crippen molar-refractivity contribution in [2.24, 2.45) is 17.3 Å². The summed E-state index contributed by atoms with van der Waals surface area (Å²) in [7, 11) is 0. The molecule has 2 bridgehead atoms. The van der Waals surface area contributed by atoms with Gasteiger partial charge in [0, 0.05) is 16.9 Å². The van der Waals surface area contributed by atoms with E-state index in [0.29, 0.717) is 24.0 Å². The smallest absolute Gasteiger partial charge is 0.144 e. The van der Waals surface area contributed by atoms with Gasteiger partial charge in [-0.1, -0.05) is 29.8 Å². The molecule has 0 saturated heterocycles. The van der Waals surface area contributed by atoms with Crippen molar-refractivity contribution in [1.29, 1.82) is 0 Å². The molecule has 3 unspecified atom stereocenters. The summed E-state index contributed by atoms with van der Waals surface area (Å²) in [5.41, 5.74) is 2.39. The SMILES string of the molecule is O=C1Cc2cc(Cl)ccc2CC12CC1C=CC2C1. The van der Waals surface area contributed by atoms with Crippen molar-refractivity contribution >= 4 is 17.4 Å². The zero-order valence-electron chi connectivity index (χ0n) is 10.2. The van der Waals surface area contributed by atoms with E-state index < -0.39 is 0 Å². The minimum atomic E-state index is -0.0831. The van der Waals surface area contributed by atoms with E-state index in [1.165, 1.54) is 12.0 Å². The van der Waals surface area contributed by atoms with Crippen molar-refractivity contribution in [2.75, 3.05) is 0 Å². The van der Waals surface area contributed by atoms with Gasteiger partial charge in [-0.15, -0.1) is 0 Å². The lowest BCUT2D eigenvalue weighted by atomic mass is 9.64. The molecule has 3 aliphatic carbocycles. The van der Waals surface area contributed by atoms with Crippen LogP contribution in [-0.2, 0) is 17.6 Å². The third-order valence-corrected chi connectivity index (χ3v) is 5.32. The monoisotopic (exact) mass is 258 g/mol. The summed E-state index contributed by atoms with van der Waals surface area (Å²) in [4.78, 5) is 12.6. The number of fused-ring (bicyclic) bond motifs is 4. The minimum absolute atomic E-state index is 0.0831. The molecular weight excluding hydrogens is 244 g/mol. The van der Waals surface area contributed by atoms with Crippen molar-refractivity contribution in [1.82, 2.24) is 0 Å². The van der Waals surface area contributed by atoms with Crippen LogP contribution in [0.4, 0.5) is 0 Å². The highest BCUT2D eigenvalue weighted by atomic mass is 35.5. The maximum absolute atomic E-state index is 12.6. The van der Waals surface area contributed by atoms with Crippen molar-refractivity contribution in [3.05, 3.63) is 46.5 Å². The fraction of sp³-hybridized carbons (Fsp3) is 0.438. The molecule has 0 heterocycles. The maximum atomic E-state index is 12.6. The molecule has 1 aromatic rings. The molecule has 1 nitrogen and oxygen atoms in total. The van der Waals surface area contributed by atoms with Gasteiger partial charge < -0.3 is 0 Å². The molecule has 0 aromatic heterocycles. The average molecular weight is 259 g/mol. The van der Waals surface area contributed by atoms with E-state index >= 15 is 0 Å². The Morgan fingerprint density at radius 2 is 2.11 bits per heavy atom. The fourth-order valence-corrected chi connectivity index (χ4v) is 4.39. The van der Waals surface area contributed by atoms with Gasteiger partial charge in [0.1, 0.15) is 5.78 Å². The Hall–Kier alpha value is -1.08. The van der Waals surface area contributed by atoms with E-state index in [-0.39, 0.29) is 5.41 Å². The Morgan fingerprint density at radius 3 is 2.83 bits per heavy atom. The summed E-state index contributed by atoms with van der Waals surface area (Å²) in [6.07, 6.45) is 8.34. The number of ketones is 1. The first-order valence-corrected chi connectivity index (χ1v) is 7.04. The van der Waals surface area contributed by atoms with Gasteiger partial charge in [-0.05, 0) is 54.4 Å². The van der Waals surface area contributed by atoms with E-state index in [9.17, 15) is 4.79 Å². The topological polar surface area (TPSA) is 17.1 Å². The van der Waals surface area contributed by atoms with Gasteiger partial charge in [0.2, 0.25) is 0 Å². The van der Waals surface area contributed by atoms with E-state index in [0.717, 1.165) is 23.4 Å². The first-order valence-electron chi connectivity index (χ1n) is 6.66. The second-order valence-electron chi connectivity index (χ2n) is 6.04. The van der Waals surface area contributed by atoms with Gasteiger partial charge >= 0.3 is 0 Å². The number of carbonyl (C=O) groups is 1. The van der Waals surface area contributed by atoms with Crippen LogP contribution in [0.25, 0.3) is 0 Å². The highest BCUT2D eigenvalue weighted by Gasteiger charge is 2.54. The number of Topliss-reactive ketones (excluding diaryl/α,β-unsaturated/α-hetero) is 1. The molecule has 3 atom stereocenters. The molecule has 2 heteroatoms. The van der Waals surface area contributed by atoms with Gasteiger partial charge in [-0.2, -0.15) is 0 Å². The van der Waals surface area contributed by atoms with E-state index in [4.69, 9.17) is 11.6 Å². The summed E-state index contributed by atoms with van der Waals surface area (Å²) in [5.74, 6) is 1.57. The molecule has 1 fully saturated rings. The van der Waals surface area contributed by atoms with Gasteiger partial charge in [0.05, 0.1) is 0 Å². The number of rotatable bonds is 0. The second-order valence-corrected chi connectivity index (χ2v) is 6.47. The third kappa shape index (κ3) is 1.31. The van der Waals surface area contributed by atoms with Crippen LogP contribution in [-0.4, -0.2) is 5.78 Å². The van der Waals surface area contributed by atoms with Crippen LogP contribution in [0.15, 0.2) is 30.4 Å². The molecule has 3 aliphatic rings. The van der Waals surface area contributed by atoms with Crippen LogP contribution < -0.4 is 0 Å². The highest BCUT2D eigenvalue weighted by molar-refractivity contribution is 6.30. The van der Waals surface area contributed by atoms with Crippen molar-refractivity contribution in [3.8, 4) is 0 Å². The predicted molar refractivity (Wildman–Crippen MR) is 71.7 cm³/mol. The summed E-state index contributed by atoms with van der Waals surface area (Å²) < 4.78 is 0. The zero-order valence-corrected chi connectivity index (χ0v) is 10.9. The van der Waals surface area contributed by atoms with Crippen molar-refractivity contribution in [2.45, 2.75) is 25.7 Å². The van der Waals surface area contributed by atoms with Crippen LogP contribution in [0.3, 0.4) is 0 Å². The Kier molecular flexibility index (Phi) is 2.09. The molecule has 4 rings (SSSR count). The molecule has 1 spiro atoms. The molecule has 92 valence electrons. The zero-order chi connectivity index (χ0) is 12.3. The summed E-state index contributed by atoms with van der Waals surface area (Å²) in [6, 6.07) is 6.03. The lowest BCUT2D eigenvalue weighted by Crippen LogP contribution is -2.41. The van der Waals surface area contributed by atoms with Crippen molar-refractivity contribution < 1.29 is 4.79 Å². The van der Waals surface area contributed by atoms with Crippen LogP contribution in [0, 0.1) is 17.3 Å². The highest BCUT2D eigenvalue weighted by Crippen LogP contribution is 2.56. The quantitative estimate of drug-likeness (QED) is 0.650. The fourth-order valence-electron chi connectivity index (χ4n) is 4.20. The number of allylic oxidation sites excluding steroid dienone is 2. The molecule has 0 aliphatic heterocycles. The number of carbonyl (C=O) groups excluding carboxylic acids is 1. The van der Waals surface area contributed by atoms with Crippen LogP contribution >= 0.6 is 11.6 Å².